The Kier molecular flexibility index (Phi) is 5.08. The maximum absolute atomic E-state index is 6.14. The molecule has 1 aromatic carbocycles. The largest absolute Gasteiger partial charge is 0.491 e. The summed E-state index contributed by atoms with van der Waals surface area (Å²) in [5.41, 5.74) is 5.76. The first-order chi connectivity index (χ1) is 9.67. The first-order valence-corrected chi connectivity index (χ1v) is 7.04. The van der Waals surface area contributed by atoms with E-state index in [-0.39, 0.29) is 17.9 Å². The highest BCUT2D eigenvalue weighted by molar-refractivity contribution is 6.32. The van der Waals surface area contributed by atoms with Gasteiger partial charge in [-0.1, -0.05) is 28.9 Å². The fourth-order valence-electron chi connectivity index (χ4n) is 2.15. The van der Waals surface area contributed by atoms with Gasteiger partial charge in [-0.15, -0.1) is 12.4 Å². The Balaban J connectivity index is 0.00000161. The normalized spacial score (nSPS) is 15.9. The van der Waals surface area contributed by atoms with Gasteiger partial charge in [-0.2, -0.15) is 4.98 Å². The van der Waals surface area contributed by atoms with Crippen molar-refractivity contribution in [2.75, 3.05) is 6.61 Å². The minimum atomic E-state index is -0.384. The highest BCUT2D eigenvalue weighted by atomic mass is 35.5. The van der Waals surface area contributed by atoms with Crippen molar-refractivity contribution >= 4 is 24.0 Å². The lowest BCUT2D eigenvalue weighted by Gasteiger charge is -2.34. The Bertz CT molecular complexity index is 599. The van der Waals surface area contributed by atoms with Crippen molar-refractivity contribution in [2.45, 2.75) is 31.2 Å². The summed E-state index contributed by atoms with van der Waals surface area (Å²) >= 11 is 6.00. The van der Waals surface area contributed by atoms with Crippen LogP contribution in [0.5, 0.6) is 5.75 Å². The van der Waals surface area contributed by atoms with Crippen molar-refractivity contribution in [3.63, 3.8) is 0 Å². The molecule has 114 valence electrons. The van der Waals surface area contributed by atoms with Crippen molar-refractivity contribution in [3.8, 4) is 5.75 Å². The second-order valence-corrected chi connectivity index (χ2v) is 5.46. The number of benzene rings is 1. The third-order valence-corrected chi connectivity index (χ3v) is 3.88. The number of nitrogens with zero attached hydrogens (tertiary/aromatic N) is 2. The number of ether oxygens (including phenoxy) is 1. The molecule has 1 fully saturated rings. The number of para-hydroxylation sites is 1. The zero-order chi connectivity index (χ0) is 14.0. The van der Waals surface area contributed by atoms with Gasteiger partial charge in [-0.05, 0) is 31.4 Å². The first-order valence-electron chi connectivity index (χ1n) is 6.67. The summed E-state index contributed by atoms with van der Waals surface area (Å²) in [6.07, 6.45) is 3.49. The van der Waals surface area contributed by atoms with Crippen LogP contribution in [0.3, 0.4) is 0 Å². The highest BCUT2D eigenvalue weighted by Crippen LogP contribution is 2.36. The van der Waals surface area contributed by atoms with E-state index >= 15 is 0 Å². The Morgan fingerprint density at radius 3 is 2.76 bits per heavy atom. The standard InChI is InChI=1S/C14H16ClN3O2.ClH/c15-10-4-1-2-5-11(10)19-9-6-12-17-13(18-20-12)14(16)7-3-8-14;/h1-2,4-5H,3,6-9,16H2;1H. The zero-order valence-corrected chi connectivity index (χ0v) is 13.0. The fourth-order valence-corrected chi connectivity index (χ4v) is 2.34. The van der Waals surface area contributed by atoms with Gasteiger partial charge in [-0.3, -0.25) is 0 Å². The van der Waals surface area contributed by atoms with Crippen LogP contribution in [0.25, 0.3) is 0 Å². The van der Waals surface area contributed by atoms with Gasteiger partial charge in [0.05, 0.1) is 23.6 Å². The molecule has 0 unspecified atom stereocenters. The average molecular weight is 330 g/mol. The fraction of sp³-hybridized carbons (Fsp3) is 0.429. The molecular formula is C14H17Cl2N3O2. The molecule has 2 N–H and O–H groups in total. The summed E-state index contributed by atoms with van der Waals surface area (Å²) in [5, 5.41) is 4.55. The Hall–Kier alpha value is -1.30. The van der Waals surface area contributed by atoms with Crippen LogP contribution >= 0.6 is 24.0 Å². The molecule has 0 saturated heterocycles. The molecule has 0 aliphatic heterocycles. The van der Waals surface area contributed by atoms with Crippen LogP contribution in [0.4, 0.5) is 0 Å². The van der Waals surface area contributed by atoms with Crippen molar-refractivity contribution in [1.82, 2.24) is 10.1 Å². The second kappa shape index (κ2) is 6.64. The summed E-state index contributed by atoms with van der Waals surface area (Å²) in [6.45, 7) is 0.433. The van der Waals surface area contributed by atoms with Gasteiger partial charge >= 0.3 is 0 Å². The van der Waals surface area contributed by atoms with Crippen molar-refractivity contribution in [3.05, 3.63) is 41.0 Å². The topological polar surface area (TPSA) is 74.2 Å². The number of nitrogens with two attached hydrogens (primary N) is 1. The minimum Gasteiger partial charge on any atom is -0.491 e. The lowest BCUT2D eigenvalue weighted by molar-refractivity contribution is 0.228. The van der Waals surface area contributed by atoms with E-state index in [0.717, 1.165) is 19.3 Å². The molecule has 0 amide bonds. The zero-order valence-electron chi connectivity index (χ0n) is 11.4. The predicted molar refractivity (Wildman–Crippen MR) is 81.9 cm³/mol. The molecular weight excluding hydrogens is 313 g/mol. The van der Waals surface area contributed by atoms with Crippen molar-refractivity contribution in [1.29, 1.82) is 0 Å². The van der Waals surface area contributed by atoms with Crippen LogP contribution in [0.2, 0.25) is 5.02 Å². The van der Waals surface area contributed by atoms with E-state index in [1.807, 2.05) is 18.2 Å². The molecule has 21 heavy (non-hydrogen) atoms. The van der Waals surface area contributed by atoms with Crippen LogP contribution in [-0.4, -0.2) is 16.7 Å². The molecule has 7 heteroatoms. The first kappa shape index (κ1) is 16.1. The van der Waals surface area contributed by atoms with Crippen molar-refractivity contribution in [2.24, 2.45) is 5.73 Å². The van der Waals surface area contributed by atoms with Gasteiger partial charge in [-0.25, -0.2) is 0 Å². The highest BCUT2D eigenvalue weighted by Gasteiger charge is 2.38. The minimum absolute atomic E-state index is 0. The molecule has 0 spiro atoms. The molecule has 1 aliphatic carbocycles. The van der Waals surface area contributed by atoms with Crippen LogP contribution in [0, 0.1) is 0 Å². The van der Waals surface area contributed by atoms with Gasteiger partial charge in [0, 0.05) is 0 Å². The van der Waals surface area contributed by atoms with Gasteiger partial charge < -0.3 is 15.0 Å². The Morgan fingerprint density at radius 1 is 1.33 bits per heavy atom. The summed E-state index contributed by atoms with van der Waals surface area (Å²) < 4.78 is 10.8. The van der Waals surface area contributed by atoms with Crippen LogP contribution < -0.4 is 10.5 Å². The van der Waals surface area contributed by atoms with E-state index in [1.54, 1.807) is 6.07 Å². The van der Waals surface area contributed by atoms with E-state index in [0.29, 0.717) is 35.5 Å². The SMILES string of the molecule is Cl.NC1(c2noc(CCOc3ccccc3Cl)n2)CCC1. The van der Waals surface area contributed by atoms with Crippen LogP contribution in [0.1, 0.15) is 31.0 Å². The van der Waals surface area contributed by atoms with E-state index in [2.05, 4.69) is 10.1 Å². The van der Waals surface area contributed by atoms with Gasteiger partial charge in [0.2, 0.25) is 5.89 Å². The van der Waals surface area contributed by atoms with E-state index in [4.69, 9.17) is 26.6 Å². The molecule has 2 aromatic rings. The van der Waals surface area contributed by atoms with Crippen LogP contribution in [0.15, 0.2) is 28.8 Å². The summed E-state index contributed by atoms with van der Waals surface area (Å²) in [7, 11) is 0. The van der Waals surface area contributed by atoms with E-state index in [1.165, 1.54) is 0 Å². The third-order valence-electron chi connectivity index (χ3n) is 3.57. The Morgan fingerprint density at radius 2 is 2.10 bits per heavy atom. The molecule has 1 heterocycles. The second-order valence-electron chi connectivity index (χ2n) is 5.05. The maximum Gasteiger partial charge on any atom is 0.230 e. The maximum atomic E-state index is 6.14. The number of halogens is 2. The number of hydrogen-bond acceptors (Lipinski definition) is 5. The third kappa shape index (κ3) is 3.48. The van der Waals surface area contributed by atoms with Crippen LogP contribution in [-0.2, 0) is 12.0 Å². The number of aromatic nitrogens is 2. The molecule has 1 aliphatic rings. The van der Waals surface area contributed by atoms with Gasteiger partial charge in [0.25, 0.3) is 0 Å². The Labute approximate surface area is 134 Å². The molecule has 1 aromatic heterocycles. The average Bonchev–Trinajstić information content (AvgIpc) is 2.87. The monoisotopic (exact) mass is 329 g/mol. The summed E-state index contributed by atoms with van der Waals surface area (Å²) in [5.74, 6) is 1.81. The molecule has 0 radical (unpaired) electrons. The molecule has 3 rings (SSSR count). The molecule has 0 atom stereocenters. The smallest absolute Gasteiger partial charge is 0.230 e. The van der Waals surface area contributed by atoms with E-state index in [9.17, 15) is 0 Å². The summed E-state index contributed by atoms with van der Waals surface area (Å²) in [6, 6.07) is 7.35. The predicted octanol–water partition coefficient (Wildman–Crippen LogP) is 3.10. The lowest BCUT2D eigenvalue weighted by Crippen LogP contribution is -2.44. The lowest BCUT2D eigenvalue weighted by atomic mass is 9.77. The number of rotatable bonds is 5. The van der Waals surface area contributed by atoms with Gasteiger partial charge in [0.1, 0.15) is 5.75 Å². The molecule has 1 saturated carbocycles. The van der Waals surface area contributed by atoms with Gasteiger partial charge in [0.15, 0.2) is 5.82 Å². The molecule has 0 bridgehead atoms. The quantitative estimate of drug-likeness (QED) is 0.912. The summed E-state index contributed by atoms with van der Waals surface area (Å²) in [4.78, 5) is 4.34. The number of hydrogen-bond donors (Lipinski definition) is 1. The van der Waals surface area contributed by atoms with Crippen molar-refractivity contribution < 1.29 is 9.26 Å². The van der Waals surface area contributed by atoms with E-state index < -0.39 is 0 Å². The molecule has 5 nitrogen and oxygen atoms in total.